The molecular formula is C15H32N2O. The van der Waals surface area contributed by atoms with Gasteiger partial charge in [-0.15, -0.1) is 0 Å². The molecule has 0 spiro atoms. The molecule has 0 aliphatic heterocycles. The van der Waals surface area contributed by atoms with Crippen LogP contribution in [0.2, 0.25) is 0 Å². The summed E-state index contributed by atoms with van der Waals surface area (Å²) < 4.78 is 5.87. The lowest BCUT2D eigenvalue weighted by atomic mass is 10.2. The Labute approximate surface area is 113 Å². The number of rotatable bonds is 11. The molecule has 18 heavy (non-hydrogen) atoms. The first kappa shape index (κ1) is 15.9. The van der Waals surface area contributed by atoms with Gasteiger partial charge in [0.15, 0.2) is 0 Å². The molecule has 1 aliphatic rings. The van der Waals surface area contributed by atoms with Crippen LogP contribution in [0.1, 0.15) is 53.4 Å². The zero-order valence-electron chi connectivity index (χ0n) is 12.7. The maximum absolute atomic E-state index is 5.87. The Morgan fingerprint density at radius 3 is 2.61 bits per heavy atom. The molecule has 1 fully saturated rings. The quantitative estimate of drug-likeness (QED) is 0.557. The summed E-state index contributed by atoms with van der Waals surface area (Å²) in [6.07, 6.45) is 5.45. The normalized spacial score (nSPS) is 24.5. The van der Waals surface area contributed by atoms with Crippen LogP contribution in [0, 0.1) is 5.92 Å². The minimum Gasteiger partial charge on any atom is -0.378 e. The van der Waals surface area contributed by atoms with Crippen molar-refractivity contribution in [1.29, 1.82) is 0 Å². The van der Waals surface area contributed by atoms with Crippen molar-refractivity contribution >= 4 is 0 Å². The maximum Gasteiger partial charge on any atom is 0.0608 e. The first-order chi connectivity index (χ1) is 8.63. The minimum absolute atomic E-state index is 0.558. The Kier molecular flexibility index (Phi) is 7.87. The standard InChI is InChI=1S/C15H32N2O/c1-5-13(4)17-8-6-10-18-15-11-14(15)7-9-16-12(2)3/h12-17H,5-11H2,1-4H3. The van der Waals surface area contributed by atoms with Crippen molar-refractivity contribution in [3.8, 4) is 0 Å². The molecule has 1 aliphatic carbocycles. The van der Waals surface area contributed by atoms with E-state index in [-0.39, 0.29) is 0 Å². The van der Waals surface area contributed by atoms with E-state index < -0.39 is 0 Å². The summed E-state index contributed by atoms with van der Waals surface area (Å²) in [6.45, 7) is 12.0. The summed E-state index contributed by atoms with van der Waals surface area (Å²) in [7, 11) is 0. The van der Waals surface area contributed by atoms with Crippen molar-refractivity contribution in [3.63, 3.8) is 0 Å². The van der Waals surface area contributed by atoms with Gasteiger partial charge in [-0.25, -0.2) is 0 Å². The van der Waals surface area contributed by atoms with Crippen LogP contribution in [-0.4, -0.2) is 37.9 Å². The molecule has 3 atom stereocenters. The van der Waals surface area contributed by atoms with Crippen molar-refractivity contribution in [2.75, 3.05) is 19.7 Å². The first-order valence-electron chi connectivity index (χ1n) is 7.71. The van der Waals surface area contributed by atoms with Crippen molar-refractivity contribution in [3.05, 3.63) is 0 Å². The zero-order valence-corrected chi connectivity index (χ0v) is 12.7. The molecule has 2 N–H and O–H groups in total. The minimum atomic E-state index is 0.558. The van der Waals surface area contributed by atoms with Crippen LogP contribution in [0.5, 0.6) is 0 Å². The molecule has 3 nitrogen and oxygen atoms in total. The average Bonchev–Trinajstić information content (AvgIpc) is 3.06. The molecule has 3 heteroatoms. The number of hydrogen-bond acceptors (Lipinski definition) is 3. The lowest BCUT2D eigenvalue weighted by molar-refractivity contribution is 0.105. The predicted molar refractivity (Wildman–Crippen MR) is 78.0 cm³/mol. The van der Waals surface area contributed by atoms with Crippen LogP contribution in [0.4, 0.5) is 0 Å². The largest absolute Gasteiger partial charge is 0.378 e. The SMILES string of the molecule is CCC(C)NCCCOC1CC1CCNC(C)C. The fourth-order valence-corrected chi connectivity index (χ4v) is 2.08. The fraction of sp³-hybridized carbons (Fsp3) is 1.00. The second-order valence-electron chi connectivity index (χ2n) is 5.92. The first-order valence-corrected chi connectivity index (χ1v) is 7.71. The maximum atomic E-state index is 5.87. The number of hydrogen-bond donors (Lipinski definition) is 2. The highest BCUT2D eigenvalue weighted by atomic mass is 16.5. The third-order valence-electron chi connectivity index (χ3n) is 3.68. The van der Waals surface area contributed by atoms with E-state index >= 15 is 0 Å². The molecule has 0 saturated heterocycles. The van der Waals surface area contributed by atoms with Gasteiger partial charge in [0, 0.05) is 18.7 Å². The second-order valence-corrected chi connectivity index (χ2v) is 5.92. The van der Waals surface area contributed by atoms with Crippen LogP contribution in [0.15, 0.2) is 0 Å². The topological polar surface area (TPSA) is 33.3 Å². The number of nitrogens with one attached hydrogen (secondary N) is 2. The van der Waals surface area contributed by atoms with E-state index in [0.29, 0.717) is 18.2 Å². The van der Waals surface area contributed by atoms with Gasteiger partial charge in [-0.3, -0.25) is 0 Å². The molecule has 1 saturated carbocycles. The highest BCUT2D eigenvalue weighted by Crippen LogP contribution is 2.36. The monoisotopic (exact) mass is 256 g/mol. The Morgan fingerprint density at radius 2 is 1.94 bits per heavy atom. The van der Waals surface area contributed by atoms with Gasteiger partial charge in [0.05, 0.1) is 6.10 Å². The van der Waals surface area contributed by atoms with Gasteiger partial charge in [0.1, 0.15) is 0 Å². The Hall–Kier alpha value is -0.120. The van der Waals surface area contributed by atoms with E-state index in [0.717, 1.165) is 32.0 Å². The van der Waals surface area contributed by atoms with Gasteiger partial charge in [0.2, 0.25) is 0 Å². The van der Waals surface area contributed by atoms with Gasteiger partial charge in [-0.2, -0.15) is 0 Å². The highest BCUT2D eigenvalue weighted by molar-refractivity contribution is 4.88. The lowest BCUT2D eigenvalue weighted by Crippen LogP contribution is -2.27. The molecule has 0 heterocycles. The Morgan fingerprint density at radius 1 is 1.17 bits per heavy atom. The third kappa shape index (κ3) is 7.34. The third-order valence-corrected chi connectivity index (χ3v) is 3.68. The Balaban J connectivity index is 1.84. The highest BCUT2D eigenvalue weighted by Gasteiger charge is 2.37. The van der Waals surface area contributed by atoms with Crippen molar-refractivity contribution < 1.29 is 4.74 Å². The van der Waals surface area contributed by atoms with Gasteiger partial charge in [0.25, 0.3) is 0 Å². The summed E-state index contributed by atoms with van der Waals surface area (Å²) >= 11 is 0. The molecule has 108 valence electrons. The van der Waals surface area contributed by atoms with Crippen molar-refractivity contribution in [2.24, 2.45) is 5.92 Å². The molecule has 3 unspecified atom stereocenters. The molecule has 0 aromatic rings. The summed E-state index contributed by atoms with van der Waals surface area (Å²) in [5, 5.41) is 6.96. The fourth-order valence-electron chi connectivity index (χ4n) is 2.08. The molecule has 0 bridgehead atoms. The molecule has 0 radical (unpaired) electrons. The van der Waals surface area contributed by atoms with Crippen molar-refractivity contribution in [1.82, 2.24) is 10.6 Å². The average molecular weight is 256 g/mol. The van der Waals surface area contributed by atoms with Crippen LogP contribution in [0.25, 0.3) is 0 Å². The summed E-state index contributed by atoms with van der Waals surface area (Å²) in [5.74, 6) is 0.818. The zero-order chi connectivity index (χ0) is 13.4. The van der Waals surface area contributed by atoms with Gasteiger partial charge in [-0.05, 0) is 51.6 Å². The van der Waals surface area contributed by atoms with Crippen LogP contribution < -0.4 is 10.6 Å². The van der Waals surface area contributed by atoms with Gasteiger partial charge >= 0.3 is 0 Å². The van der Waals surface area contributed by atoms with E-state index in [9.17, 15) is 0 Å². The molecule has 0 aromatic heterocycles. The van der Waals surface area contributed by atoms with Crippen molar-refractivity contribution in [2.45, 2.75) is 71.6 Å². The summed E-state index contributed by atoms with van der Waals surface area (Å²) in [4.78, 5) is 0. The van der Waals surface area contributed by atoms with E-state index in [2.05, 4.69) is 38.3 Å². The Bertz CT molecular complexity index is 209. The molecule has 0 aromatic carbocycles. The van der Waals surface area contributed by atoms with Crippen LogP contribution >= 0.6 is 0 Å². The summed E-state index contributed by atoms with van der Waals surface area (Å²) in [6, 6.07) is 1.25. The predicted octanol–water partition coefficient (Wildman–Crippen LogP) is 2.56. The smallest absolute Gasteiger partial charge is 0.0608 e. The molecule has 0 amide bonds. The van der Waals surface area contributed by atoms with Gasteiger partial charge in [-0.1, -0.05) is 20.8 Å². The molecule has 1 rings (SSSR count). The van der Waals surface area contributed by atoms with E-state index in [1.807, 2.05) is 0 Å². The summed E-state index contributed by atoms with van der Waals surface area (Å²) in [5.41, 5.74) is 0. The van der Waals surface area contributed by atoms with Gasteiger partial charge < -0.3 is 15.4 Å². The lowest BCUT2D eigenvalue weighted by Gasteiger charge is -2.11. The van der Waals surface area contributed by atoms with Crippen LogP contribution in [-0.2, 0) is 4.74 Å². The van der Waals surface area contributed by atoms with E-state index in [4.69, 9.17) is 4.74 Å². The number of ether oxygens (including phenoxy) is 1. The molecular weight excluding hydrogens is 224 g/mol. The van der Waals surface area contributed by atoms with E-state index in [1.54, 1.807) is 0 Å². The van der Waals surface area contributed by atoms with E-state index in [1.165, 1.54) is 19.3 Å². The second kappa shape index (κ2) is 8.89. The van der Waals surface area contributed by atoms with Crippen LogP contribution in [0.3, 0.4) is 0 Å².